The van der Waals surface area contributed by atoms with Crippen LogP contribution >= 0.6 is 0 Å². The number of hydrogen-bond acceptors (Lipinski definition) is 6. The standard InChI is InChI=1S/C18H18N2O6/c1-11-4-7-16(25-3)14(8-11)19-17(21)10-26-18(22)13-5-6-15(20(23)24)12(2)9-13/h4-9H,10H2,1-3H3,(H,19,21). The number of amides is 1. The third-order valence-corrected chi connectivity index (χ3v) is 3.59. The van der Waals surface area contributed by atoms with Gasteiger partial charge in [0.25, 0.3) is 11.6 Å². The zero-order valence-electron chi connectivity index (χ0n) is 14.6. The highest BCUT2D eigenvalue weighted by molar-refractivity contribution is 5.96. The summed E-state index contributed by atoms with van der Waals surface area (Å²) in [6.07, 6.45) is 0. The summed E-state index contributed by atoms with van der Waals surface area (Å²) in [7, 11) is 1.48. The summed E-state index contributed by atoms with van der Waals surface area (Å²) in [4.78, 5) is 34.3. The van der Waals surface area contributed by atoms with Gasteiger partial charge in [0.05, 0.1) is 23.3 Å². The molecule has 1 N–H and O–H groups in total. The zero-order valence-corrected chi connectivity index (χ0v) is 14.6. The van der Waals surface area contributed by atoms with Crippen molar-refractivity contribution in [2.24, 2.45) is 0 Å². The van der Waals surface area contributed by atoms with Gasteiger partial charge < -0.3 is 14.8 Å². The molecule has 0 unspecified atom stereocenters. The van der Waals surface area contributed by atoms with Crippen LogP contribution in [0, 0.1) is 24.0 Å². The Balaban J connectivity index is 1.99. The van der Waals surface area contributed by atoms with Gasteiger partial charge in [-0.25, -0.2) is 4.79 Å². The van der Waals surface area contributed by atoms with E-state index in [4.69, 9.17) is 9.47 Å². The number of methoxy groups -OCH3 is 1. The summed E-state index contributed by atoms with van der Waals surface area (Å²) in [5.74, 6) is -0.781. The minimum atomic E-state index is -0.741. The van der Waals surface area contributed by atoms with Crippen molar-refractivity contribution in [1.29, 1.82) is 0 Å². The monoisotopic (exact) mass is 358 g/mol. The molecule has 0 aliphatic rings. The molecular weight excluding hydrogens is 340 g/mol. The van der Waals surface area contributed by atoms with Gasteiger partial charge in [0, 0.05) is 11.6 Å². The van der Waals surface area contributed by atoms with Crippen molar-refractivity contribution in [2.45, 2.75) is 13.8 Å². The molecular formula is C18H18N2O6. The second-order valence-electron chi connectivity index (χ2n) is 5.59. The number of aryl methyl sites for hydroxylation is 2. The number of rotatable bonds is 6. The number of anilines is 1. The molecule has 0 heterocycles. The lowest BCUT2D eigenvalue weighted by molar-refractivity contribution is -0.385. The van der Waals surface area contributed by atoms with Gasteiger partial charge in [-0.2, -0.15) is 0 Å². The average molecular weight is 358 g/mol. The molecule has 2 rings (SSSR count). The summed E-state index contributed by atoms with van der Waals surface area (Å²) in [5.41, 5.74) is 1.78. The molecule has 8 nitrogen and oxygen atoms in total. The van der Waals surface area contributed by atoms with Crippen LogP contribution in [0.15, 0.2) is 36.4 Å². The highest BCUT2D eigenvalue weighted by atomic mass is 16.6. The van der Waals surface area contributed by atoms with Gasteiger partial charge in [-0.1, -0.05) is 6.07 Å². The Morgan fingerprint density at radius 3 is 2.50 bits per heavy atom. The molecule has 0 saturated heterocycles. The molecule has 0 aromatic heterocycles. The van der Waals surface area contributed by atoms with Crippen molar-refractivity contribution in [3.63, 3.8) is 0 Å². The van der Waals surface area contributed by atoms with Crippen LogP contribution < -0.4 is 10.1 Å². The fourth-order valence-electron chi connectivity index (χ4n) is 2.31. The van der Waals surface area contributed by atoms with Crippen LogP contribution in [0.2, 0.25) is 0 Å². The van der Waals surface area contributed by atoms with Crippen molar-refractivity contribution in [3.8, 4) is 5.75 Å². The first-order valence-electron chi connectivity index (χ1n) is 7.68. The molecule has 0 saturated carbocycles. The number of nitro benzene ring substituents is 1. The first kappa shape index (κ1) is 18.9. The van der Waals surface area contributed by atoms with Gasteiger partial charge >= 0.3 is 5.97 Å². The van der Waals surface area contributed by atoms with Crippen molar-refractivity contribution >= 4 is 23.3 Å². The summed E-state index contributed by atoms with van der Waals surface area (Å²) < 4.78 is 10.1. The predicted octanol–water partition coefficient (Wildman–Crippen LogP) is 3.02. The molecule has 2 aromatic rings. The first-order valence-corrected chi connectivity index (χ1v) is 7.68. The summed E-state index contributed by atoms with van der Waals surface area (Å²) >= 11 is 0. The SMILES string of the molecule is COc1ccc(C)cc1NC(=O)COC(=O)c1ccc([N+](=O)[O-])c(C)c1. The molecule has 0 atom stereocenters. The number of esters is 1. The van der Waals surface area contributed by atoms with Crippen LogP contribution in [0.5, 0.6) is 5.75 Å². The van der Waals surface area contributed by atoms with Crippen LogP contribution in [-0.4, -0.2) is 30.5 Å². The van der Waals surface area contributed by atoms with Crippen molar-refractivity contribution in [3.05, 3.63) is 63.2 Å². The molecule has 0 fully saturated rings. The Labute approximate surface area is 149 Å². The topological polar surface area (TPSA) is 108 Å². The van der Waals surface area contributed by atoms with Crippen LogP contribution in [-0.2, 0) is 9.53 Å². The Morgan fingerprint density at radius 2 is 1.88 bits per heavy atom. The lowest BCUT2D eigenvalue weighted by Crippen LogP contribution is -2.21. The minimum Gasteiger partial charge on any atom is -0.495 e. The van der Waals surface area contributed by atoms with Gasteiger partial charge in [-0.05, 0) is 43.7 Å². The molecule has 1 amide bonds. The Kier molecular flexibility index (Phi) is 5.90. The third kappa shape index (κ3) is 4.56. The van der Waals surface area contributed by atoms with E-state index in [-0.39, 0.29) is 11.3 Å². The number of ether oxygens (including phenoxy) is 2. The molecule has 8 heteroatoms. The van der Waals surface area contributed by atoms with Gasteiger partial charge in [0.15, 0.2) is 6.61 Å². The van der Waals surface area contributed by atoms with Crippen LogP contribution in [0.1, 0.15) is 21.5 Å². The van der Waals surface area contributed by atoms with Crippen molar-refractivity contribution < 1.29 is 24.0 Å². The Bertz CT molecular complexity index is 863. The van der Waals surface area contributed by atoms with E-state index < -0.39 is 23.4 Å². The van der Waals surface area contributed by atoms with Crippen LogP contribution in [0.4, 0.5) is 11.4 Å². The second-order valence-corrected chi connectivity index (χ2v) is 5.59. The summed E-state index contributed by atoms with van der Waals surface area (Å²) in [6.45, 7) is 2.89. The Hall–Kier alpha value is -3.42. The van der Waals surface area contributed by atoms with E-state index in [0.717, 1.165) is 5.56 Å². The number of nitrogens with one attached hydrogen (secondary N) is 1. The minimum absolute atomic E-state index is 0.0918. The maximum absolute atomic E-state index is 12.0. The molecule has 0 bridgehead atoms. The van der Waals surface area contributed by atoms with Crippen LogP contribution in [0.3, 0.4) is 0 Å². The van der Waals surface area contributed by atoms with E-state index in [9.17, 15) is 19.7 Å². The number of carbonyl (C=O) groups excluding carboxylic acids is 2. The molecule has 26 heavy (non-hydrogen) atoms. The van der Waals surface area contributed by atoms with Crippen molar-refractivity contribution in [1.82, 2.24) is 0 Å². The van der Waals surface area contributed by atoms with E-state index in [1.54, 1.807) is 12.1 Å². The molecule has 0 spiro atoms. The lowest BCUT2D eigenvalue weighted by Gasteiger charge is -2.11. The highest BCUT2D eigenvalue weighted by Gasteiger charge is 2.16. The van der Waals surface area contributed by atoms with Gasteiger partial charge in [-0.15, -0.1) is 0 Å². The first-order chi connectivity index (χ1) is 12.3. The van der Waals surface area contributed by atoms with Crippen molar-refractivity contribution in [2.75, 3.05) is 19.0 Å². The van der Waals surface area contributed by atoms with E-state index >= 15 is 0 Å². The van der Waals surface area contributed by atoms with E-state index in [1.807, 2.05) is 13.0 Å². The fourth-order valence-corrected chi connectivity index (χ4v) is 2.31. The quantitative estimate of drug-likeness (QED) is 0.483. The summed E-state index contributed by atoms with van der Waals surface area (Å²) in [6, 6.07) is 9.15. The third-order valence-electron chi connectivity index (χ3n) is 3.59. The zero-order chi connectivity index (χ0) is 19.3. The van der Waals surface area contributed by atoms with Crippen LogP contribution in [0.25, 0.3) is 0 Å². The molecule has 0 aliphatic heterocycles. The lowest BCUT2D eigenvalue weighted by atomic mass is 10.1. The predicted molar refractivity (Wildman–Crippen MR) is 94.5 cm³/mol. The largest absolute Gasteiger partial charge is 0.495 e. The Morgan fingerprint density at radius 1 is 1.15 bits per heavy atom. The molecule has 2 aromatic carbocycles. The van der Waals surface area contributed by atoms with E-state index in [2.05, 4.69) is 5.32 Å². The van der Waals surface area contributed by atoms with E-state index in [0.29, 0.717) is 17.0 Å². The molecule has 0 radical (unpaired) electrons. The maximum Gasteiger partial charge on any atom is 0.338 e. The number of nitrogens with zero attached hydrogens (tertiary/aromatic N) is 1. The normalized spacial score (nSPS) is 10.1. The number of nitro groups is 1. The second kappa shape index (κ2) is 8.11. The maximum atomic E-state index is 12.0. The average Bonchev–Trinajstić information content (AvgIpc) is 2.59. The highest BCUT2D eigenvalue weighted by Crippen LogP contribution is 2.25. The van der Waals surface area contributed by atoms with Gasteiger partial charge in [0.2, 0.25) is 0 Å². The smallest absolute Gasteiger partial charge is 0.338 e. The number of hydrogen-bond donors (Lipinski definition) is 1. The number of benzene rings is 2. The summed E-state index contributed by atoms with van der Waals surface area (Å²) in [5, 5.41) is 13.4. The molecule has 0 aliphatic carbocycles. The van der Waals surface area contributed by atoms with Gasteiger partial charge in [-0.3, -0.25) is 14.9 Å². The van der Waals surface area contributed by atoms with E-state index in [1.165, 1.54) is 32.2 Å². The molecule has 136 valence electrons. The fraction of sp³-hybridized carbons (Fsp3) is 0.222. The number of carbonyl (C=O) groups is 2. The van der Waals surface area contributed by atoms with Gasteiger partial charge in [0.1, 0.15) is 5.75 Å².